The Kier molecular flexibility index (Phi) is 5.91. The summed E-state index contributed by atoms with van der Waals surface area (Å²) in [5, 5.41) is 3.62. The number of carbonyl (C=O) groups is 1. The molecule has 0 fully saturated rings. The highest BCUT2D eigenvalue weighted by Gasteiger charge is 2.09. The molecule has 0 aliphatic heterocycles. The molecule has 23 heavy (non-hydrogen) atoms. The standard InChI is InChI=1S/C18H19Cl2NO2/c1-11(2)15-6-5-14(8-12(15)3)23-10-18(22)21-17-9-13(19)4-7-16(17)20/h4-9,11H,10H2,1-3H3,(H,21,22). The van der Waals surface area contributed by atoms with Gasteiger partial charge in [-0.1, -0.05) is 43.1 Å². The van der Waals surface area contributed by atoms with E-state index in [9.17, 15) is 4.79 Å². The van der Waals surface area contributed by atoms with Gasteiger partial charge in [0, 0.05) is 5.02 Å². The Balaban J connectivity index is 1.97. The number of hydrogen-bond donors (Lipinski definition) is 1. The number of hydrogen-bond acceptors (Lipinski definition) is 2. The van der Waals surface area contributed by atoms with E-state index in [0.29, 0.717) is 27.4 Å². The van der Waals surface area contributed by atoms with Crippen LogP contribution in [0.2, 0.25) is 10.0 Å². The molecule has 0 heterocycles. The van der Waals surface area contributed by atoms with E-state index >= 15 is 0 Å². The molecule has 0 atom stereocenters. The largest absolute Gasteiger partial charge is 0.484 e. The van der Waals surface area contributed by atoms with Crippen LogP contribution in [0.25, 0.3) is 0 Å². The Hall–Kier alpha value is -1.71. The van der Waals surface area contributed by atoms with Crippen LogP contribution in [-0.2, 0) is 4.79 Å². The van der Waals surface area contributed by atoms with Crippen molar-refractivity contribution in [3.05, 3.63) is 57.6 Å². The van der Waals surface area contributed by atoms with E-state index in [1.807, 2.05) is 25.1 Å². The SMILES string of the molecule is Cc1cc(OCC(=O)Nc2cc(Cl)ccc2Cl)ccc1C(C)C. The summed E-state index contributed by atoms with van der Waals surface area (Å²) in [7, 11) is 0. The van der Waals surface area contributed by atoms with Crippen LogP contribution in [0.5, 0.6) is 5.75 Å². The maximum atomic E-state index is 12.0. The maximum Gasteiger partial charge on any atom is 0.262 e. The average molecular weight is 352 g/mol. The molecule has 2 aromatic carbocycles. The number of amides is 1. The molecular formula is C18H19Cl2NO2. The Bertz CT molecular complexity index is 714. The van der Waals surface area contributed by atoms with Gasteiger partial charge >= 0.3 is 0 Å². The highest BCUT2D eigenvalue weighted by atomic mass is 35.5. The fraction of sp³-hybridized carbons (Fsp3) is 0.278. The minimum absolute atomic E-state index is 0.0939. The first-order chi connectivity index (χ1) is 10.9. The number of carbonyl (C=O) groups excluding carboxylic acids is 1. The molecule has 122 valence electrons. The van der Waals surface area contributed by atoms with Crippen molar-refractivity contribution in [2.45, 2.75) is 26.7 Å². The topological polar surface area (TPSA) is 38.3 Å². The van der Waals surface area contributed by atoms with E-state index in [1.54, 1.807) is 18.2 Å². The number of benzene rings is 2. The molecular weight excluding hydrogens is 333 g/mol. The van der Waals surface area contributed by atoms with Gasteiger partial charge in [0.2, 0.25) is 0 Å². The Morgan fingerprint density at radius 3 is 2.57 bits per heavy atom. The highest BCUT2D eigenvalue weighted by Crippen LogP contribution is 2.26. The molecule has 0 saturated carbocycles. The predicted octanol–water partition coefficient (Wildman–Crippen LogP) is 5.44. The zero-order valence-corrected chi connectivity index (χ0v) is 14.8. The number of halogens is 2. The Morgan fingerprint density at radius 1 is 1.17 bits per heavy atom. The van der Waals surface area contributed by atoms with Crippen molar-refractivity contribution in [3.8, 4) is 5.75 Å². The van der Waals surface area contributed by atoms with Gasteiger partial charge in [-0.2, -0.15) is 0 Å². The number of ether oxygens (including phenoxy) is 1. The van der Waals surface area contributed by atoms with Crippen molar-refractivity contribution in [2.75, 3.05) is 11.9 Å². The molecule has 0 spiro atoms. The second-order valence-corrected chi connectivity index (χ2v) is 6.48. The van der Waals surface area contributed by atoms with Crippen LogP contribution < -0.4 is 10.1 Å². The third-order valence-corrected chi connectivity index (χ3v) is 4.00. The van der Waals surface area contributed by atoms with Gasteiger partial charge in [-0.05, 0) is 54.3 Å². The molecule has 0 unspecified atom stereocenters. The van der Waals surface area contributed by atoms with E-state index in [0.717, 1.165) is 5.56 Å². The highest BCUT2D eigenvalue weighted by molar-refractivity contribution is 6.35. The van der Waals surface area contributed by atoms with Crippen LogP contribution in [-0.4, -0.2) is 12.5 Å². The van der Waals surface area contributed by atoms with Crippen LogP contribution in [0.4, 0.5) is 5.69 Å². The van der Waals surface area contributed by atoms with E-state index in [1.165, 1.54) is 5.56 Å². The quantitative estimate of drug-likeness (QED) is 0.778. The lowest BCUT2D eigenvalue weighted by Gasteiger charge is -2.13. The number of anilines is 1. The summed E-state index contributed by atoms with van der Waals surface area (Å²) < 4.78 is 5.54. The molecule has 0 aliphatic rings. The van der Waals surface area contributed by atoms with Gasteiger partial charge in [0.1, 0.15) is 5.75 Å². The first kappa shape index (κ1) is 17.6. The molecule has 0 aliphatic carbocycles. The van der Waals surface area contributed by atoms with E-state index in [4.69, 9.17) is 27.9 Å². The van der Waals surface area contributed by atoms with Gasteiger partial charge in [-0.15, -0.1) is 0 Å². The summed E-state index contributed by atoms with van der Waals surface area (Å²) in [5.74, 6) is 0.830. The van der Waals surface area contributed by atoms with Crippen LogP contribution in [0, 0.1) is 6.92 Å². The van der Waals surface area contributed by atoms with Crippen LogP contribution in [0.1, 0.15) is 30.9 Å². The van der Waals surface area contributed by atoms with Gasteiger partial charge < -0.3 is 10.1 Å². The second kappa shape index (κ2) is 7.71. The van der Waals surface area contributed by atoms with Crippen molar-refractivity contribution in [3.63, 3.8) is 0 Å². The number of nitrogens with one attached hydrogen (secondary N) is 1. The minimum Gasteiger partial charge on any atom is -0.484 e. The average Bonchev–Trinajstić information content (AvgIpc) is 2.48. The van der Waals surface area contributed by atoms with Crippen molar-refractivity contribution in [1.29, 1.82) is 0 Å². The van der Waals surface area contributed by atoms with Crippen LogP contribution in [0.15, 0.2) is 36.4 Å². The molecule has 3 nitrogen and oxygen atoms in total. The summed E-state index contributed by atoms with van der Waals surface area (Å²) >= 11 is 11.9. The van der Waals surface area contributed by atoms with Gasteiger partial charge in [0.15, 0.2) is 6.61 Å². The van der Waals surface area contributed by atoms with E-state index < -0.39 is 0 Å². The molecule has 0 saturated heterocycles. The first-order valence-corrected chi connectivity index (χ1v) is 8.10. The summed E-state index contributed by atoms with van der Waals surface area (Å²) in [6.07, 6.45) is 0. The molecule has 2 aromatic rings. The molecule has 0 bridgehead atoms. The molecule has 2 rings (SSSR count). The van der Waals surface area contributed by atoms with Gasteiger partial charge in [0.05, 0.1) is 10.7 Å². The smallest absolute Gasteiger partial charge is 0.262 e. The first-order valence-electron chi connectivity index (χ1n) is 7.35. The number of rotatable bonds is 5. The van der Waals surface area contributed by atoms with Crippen molar-refractivity contribution in [2.24, 2.45) is 0 Å². The fourth-order valence-electron chi connectivity index (χ4n) is 2.31. The van der Waals surface area contributed by atoms with Crippen molar-refractivity contribution in [1.82, 2.24) is 0 Å². The maximum absolute atomic E-state index is 12.0. The lowest BCUT2D eigenvalue weighted by Crippen LogP contribution is -2.20. The molecule has 0 aromatic heterocycles. The molecule has 1 N–H and O–H groups in total. The van der Waals surface area contributed by atoms with Crippen LogP contribution >= 0.6 is 23.2 Å². The van der Waals surface area contributed by atoms with Gasteiger partial charge in [0.25, 0.3) is 5.91 Å². The third kappa shape index (κ3) is 4.88. The predicted molar refractivity (Wildman–Crippen MR) is 95.9 cm³/mol. The van der Waals surface area contributed by atoms with Gasteiger partial charge in [-0.3, -0.25) is 4.79 Å². The zero-order chi connectivity index (χ0) is 17.0. The number of aryl methyl sites for hydroxylation is 1. The summed E-state index contributed by atoms with van der Waals surface area (Å²) in [4.78, 5) is 12.0. The molecule has 0 radical (unpaired) electrons. The fourth-order valence-corrected chi connectivity index (χ4v) is 2.65. The Labute approximate surface area is 146 Å². The summed E-state index contributed by atoms with van der Waals surface area (Å²) in [5.41, 5.74) is 2.89. The normalized spacial score (nSPS) is 10.7. The van der Waals surface area contributed by atoms with Gasteiger partial charge in [-0.25, -0.2) is 0 Å². The van der Waals surface area contributed by atoms with E-state index in [2.05, 4.69) is 19.2 Å². The molecule has 5 heteroatoms. The monoisotopic (exact) mass is 351 g/mol. The third-order valence-electron chi connectivity index (χ3n) is 3.44. The van der Waals surface area contributed by atoms with Crippen molar-refractivity contribution < 1.29 is 9.53 Å². The molecule has 1 amide bonds. The summed E-state index contributed by atoms with van der Waals surface area (Å²) in [6, 6.07) is 10.7. The minimum atomic E-state index is -0.292. The lowest BCUT2D eigenvalue weighted by molar-refractivity contribution is -0.118. The zero-order valence-electron chi connectivity index (χ0n) is 13.3. The lowest BCUT2D eigenvalue weighted by atomic mass is 9.98. The second-order valence-electron chi connectivity index (χ2n) is 5.63. The van der Waals surface area contributed by atoms with Crippen molar-refractivity contribution >= 4 is 34.8 Å². The van der Waals surface area contributed by atoms with E-state index in [-0.39, 0.29) is 12.5 Å². The van der Waals surface area contributed by atoms with Crippen LogP contribution in [0.3, 0.4) is 0 Å². The summed E-state index contributed by atoms with van der Waals surface area (Å²) in [6.45, 7) is 6.23. The Morgan fingerprint density at radius 2 is 1.91 bits per heavy atom.